The predicted octanol–water partition coefficient (Wildman–Crippen LogP) is 1.85. The van der Waals surface area contributed by atoms with Gasteiger partial charge in [0.15, 0.2) is 0 Å². The average molecular weight is 318 g/mol. The highest BCUT2D eigenvalue weighted by molar-refractivity contribution is 7.93. The van der Waals surface area contributed by atoms with Crippen molar-refractivity contribution >= 4 is 9.84 Å². The van der Waals surface area contributed by atoms with E-state index in [4.69, 9.17) is 0 Å². The van der Waals surface area contributed by atoms with Crippen LogP contribution in [0, 0.1) is 0 Å². The molecule has 0 saturated heterocycles. The zero-order chi connectivity index (χ0) is 15.3. The largest absolute Gasteiger partial charge is 0.518 e. The molecule has 1 heterocycles. The highest BCUT2D eigenvalue weighted by Gasteiger charge is 2.76. The molecule has 0 aromatic carbocycles. The summed E-state index contributed by atoms with van der Waals surface area (Å²) in [5.41, 5.74) is -6.63. The van der Waals surface area contributed by atoms with Crippen LogP contribution in [0.5, 0.6) is 0 Å². The summed E-state index contributed by atoms with van der Waals surface area (Å²) in [6.07, 6.45) is -0.415. The third-order valence-electron chi connectivity index (χ3n) is 1.77. The van der Waals surface area contributed by atoms with Gasteiger partial charge in [-0.05, 0) is 0 Å². The zero-order valence-corrected chi connectivity index (χ0v) is 8.99. The molecule has 1 rings (SSSR count). The maximum absolute atomic E-state index is 13.1. The van der Waals surface area contributed by atoms with Crippen molar-refractivity contribution in [3.63, 3.8) is 0 Å². The molecular formula is C6HF7O5S. The molecule has 110 valence electrons. The van der Waals surface area contributed by atoms with Gasteiger partial charge in [0.25, 0.3) is 0 Å². The van der Waals surface area contributed by atoms with Gasteiger partial charge >= 0.3 is 32.3 Å². The van der Waals surface area contributed by atoms with Crippen LogP contribution in [0.15, 0.2) is 19.9 Å². The van der Waals surface area contributed by atoms with E-state index in [0.717, 1.165) is 0 Å². The molecule has 0 bridgehead atoms. The normalized spacial score (nSPS) is 14.7. The minimum Gasteiger partial charge on any atom is -0.399 e. The predicted molar refractivity (Wildman–Crippen MR) is 41.1 cm³/mol. The van der Waals surface area contributed by atoms with Crippen LogP contribution in [-0.4, -0.2) is 19.2 Å². The molecule has 1 aromatic heterocycles. The second-order valence-electron chi connectivity index (χ2n) is 2.99. The summed E-state index contributed by atoms with van der Waals surface area (Å²) in [6, 6.07) is 0. The number of halogens is 7. The van der Waals surface area contributed by atoms with Crippen LogP contribution in [0.1, 0.15) is 5.76 Å². The van der Waals surface area contributed by atoms with Crippen LogP contribution in [0.2, 0.25) is 0 Å². The maximum atomic E-state index is 13.1. The molecule has 5 nitrogen and oxygen atoms in total. The Balaban J connectivity index is 3.46. The van der Waals surface area contributed by atoms with Crippen LogP contribution in [-0.2, 0) is 15.8 Å². The molecule has 0 spiro atoms. The standard InChI is InChI=1S/C6HF7O5S/c7-4(8,2-1-17-3(14)18-2)5(9,10)19(15,16)6(11,12)13/h1H. The van der Waals surface area contributed by atoms with Crippen molar-refractivity contribution in [3.8, 4) is 0 Å². The lowest BCUT2D eigenvalue weighted by atomic mass is 10.3. The Kier molecular flexibility index (Phi) is 3.25. The molecule has 0 amide bonds. The quantitative estimate of drug-likeness (QED) is 0.795. The fourth-order valence-electron chi connectivity index (χ4n) is 0.835. The van der Waals surface area contributed by atoms with Gasteiger partial charge in [-0.1, -0.05) is 0 Å². The number of rotatable bonds is 3. The van der Waals surface area contributed by atoms with Crippen molar-refractivity contribution in [2.24, 2.45) is 0 Å². The third kappa shape index (κ3) is 2.11. The lowest BCUT2D eigenvalue weighted by molar-refractivity contribution is -0.183. The fourth-order valence-corrected chi connectivity index (χ4v) is 1.56. The van der Waals surface area contributed by atoms with E-state index in [0.29, 0.717) is 0 Å². The van der Waals surface area contributed by atoms with Crippen LogP contribution in [0.4, 0.5) is 30.7 Å². The first-order valence-corrected chi connectivity index (χ1v) is 5.39. The highest BCUT2D eigenvalue weighted by Crippen LogP contribution is 2.50. The topological polar surface area (TPSA) is 77.5 Å². The van der Waals surface area contributed by atoms with E-state index in [9.17, 15) is 43.9 Å². The third-order valence-corrected chi connectivity index (χ3v) is 3.31. The number of alkyl halides is 7. The van der Waals surface area contributed by atoms with E-state index < -0.39 is 44.4 Å². The molecule has 0 radical (unpaired) electrons. The van der Waals surface area contributed by atoms with Gasteiger partial charge < -0.3 is 8.83 Å². The zero-order valence-electron chi connectivity index (χ0n) is 8.17. The van der Waals surface area contributed by atoms with E-state index in [-0.39, 0.29) is 0 Å². The Morgan fingerprint density at radius 3 is 1.79 bits per heavy atom. The van der Waals surface area contributed by atoms with E-state index in [1.165, 1.54) is 0 Å². The van der Waals surface area contributed by atoms with Gasteiger partial charge in [0.2, 0.25) is 5.76 Å². The van der Waals surface area contributed by atoms with Crippen LogP contribution >= 0.6 is 0 Å². The number of sulfone groups is 1. The second kappa shape index (κ2) is 3.98. The lowest BCUT2D eigenvalue weighted by Crippen LogP contribution is -2.50. The molecule has 19 heavy (non-hydrogen) atoms. The molecule has 0 fully saturated rings. The molecule has 0 aliphatic carbocycles. The summed E-state index contributed by atoms with van der Waals surface area (Å²) in [7, 11) is -7.56. The average Bonchev–Trinajstić information content (AvgIpc) is 2.63. The first-order valence-electron chi connectivity index (χ1n) is 3.91. The van der Waals surface area contributed by atoms with Crippen LogP contribution in [0.25, 0.3) is 0 Å². The lowest BCUT2D eigenvalue weighted by Gasteiger charge is -2.24. The Labute approximate surface area is 98.1 Å². The van der Waals surface area contributed by atoms with Gasteiger partial charge in [-0.25, -0.2) is 13.2 Å². The monoisotopic (exact) mass is 318 g/mol. The Morgan fingerprint density at radius 1 is 1.00 bits per heavy atom. The SMILES string of the molecule is O=c1occ(C(F)(F)C(F)(F)S(=O)(=O)C(F)(F)F)o1. The summed E-state index contributed by atoms with van der Waals surface area (Å²) in [5, 5.41) is -6.59. The highest BCUT2D eigenvalue weighted by atomic mass is 32.2. The summed E-state index contributed by atoms with van der Waals surface area (Å²) in [5.74, 6) is -10.2. The molecule has 0 N–H and O–H groups in total. The van der Waals surface area contributed by atoms with E-state index in [1.807, 2.05) is 0 Å². The minimum absolute atomic E-state index is 0.415. The van der Waals surface area contributed by atoms with E-state index in [2.05, 4.69) is 8.83 Å². The fraction of sp³-hybridized carbons (Fsp3) is 0.500. The summed E-state index contributed by atoms with van der Waals surface area (Å²) < 4.78 is 115. The molecular weight excluding hydrogens is 317 g/mol. The van der Waals surface area contributed by atoms with Gasteiger partial charge in [0.1, 0.15) is 6.26 Å². The van der Waals surface area contributed by atoms with Gasteiger partial charge in [-0.3, -0.25) is 0 Å². The number of hydrogen-bond donors (Lipinski definition) is 0. The molecule has 0 atom stereocenters. The van der Waals surface area contributed by atoms with Crippen LogP contribution in [0.3, 0.4) is 0 Å². The first-order chi connectivity index (χ1) is 8.25. The van der Waals surface area contributed by atoms with E-state index in [1.54, 1.807) is 0 Å². The summed E-state index contributed by atoms with van der Waals surface area (Å²) in [6.45, 7) is 0. The maximum Gasteiger partial charge on any atom is 0.518 e. The van der Waals surface area contributed by atoms with E-state index >= 15 is 0 Å². The summed E-state index contributed by atoms with van der Waals surface area (Å²) in [4.78, 5) is 10.2. The second-order valence-corrected chi connectivity index (χ2v) is 4.97. The van der Waals surface area contributed by atoms with Gasteiger partial charge in [0, 0.05) is 0 Å². The van der Waals surface area contributed by atoms with Gasteiger partial charge in [-0.2, -0.15) is 30.7 Å². The van der Waals surface area contributed by atoms with Crippen molar-refractivity contribution in [1.82, 2.24) is 0 Å². The van der Waals surface area contributed by atoms with Crippen LogP contribution < -0.4 is 5.82 Å². The van der Waals surface area contributed by atoms with Crippen molar-refractivity contribution in [3.05, 3.63) is 22.6 Å². The Hall–Kier alpha value is -1.53. The molecule has 1 aromatic rings. The smallest absolute Gasteiger partial charge is 0.399 e. The van der Waals surface area contributed by atoms with Crippen molar-refractivity contribution in [2.75, 3.05) is 0 Å². The first kappa shape index (κ1) is 15.5. The molecule has 0 aliphatic rings. The Morgan fingerprint density at radius 2 is 1.47 bits per heavy atom. The molecule has 0 aliphatic heterocycles. The Bertz CT molecular complexity index is 621. The van der Waals surface area contributed by atoms with Crippen molar-refractivity contribution in [1.29, 1.82) is 0 Å². The molecule has 13 heteroatoms. The van der Waals surface area contributed by atoms with Gasteiger partial charge in [-0.15, -0.1) is 0 Å². The van der Waals surface area contributed by atoms with Gasteiger partial charge in [0.05, 0.1) is 0 Å². The number of hydrogen-bond acceptors (Lipinski definition) is 5. The summed E-state index contributed by atoms with van der Waals surface area (Å²) >= 11 is 0. The van der Waals surface area contributed by atoms with Crippen molar-refractivity contribution < 1.29 is 48.0 Å². The molecule has 0 saturated carbocycles. The minimum atomic E-state index is -7.56. The molecule has 0 unspecified atom stereocenters. The van der Waals surface area contributed by atoms with Crippen molar-refractivity contribution in [2.45, 2.75) is 16.7 Å².